The fraction of sp³-hybridized carbons (Fsp3) is 0.200. The van der Waals surface area contributed by atoms with E-state index in [9.17, 15) is 9.59 Å². The van der Waals surface area contributed by atoms with Gasteiger partial charge in [-0.2, -0.15) is 10.2 Å². The molecular formula is C10H11N5O2. The number of amides is 1. The molecule has 88 valence electrons. The van der Waals surface area contributed by atoms with Crippen LogP contribution in [0.4, 0.5) is 5.69 Å². The summed E-state index contributed by atoms with van der Waals surface area (Å²) < 4.78 is 0. The number of anilines is 1. The number of rotatable bonds is 2. The molecule has 0 bridgehead atoms. The Hall–Kier alpha value is -2.44. The average molecular weight is 233 g/mol. The van der Waals surface area contributed by atoms with Gasteiger partial charge in [0.1, 0.15) is 5.69 Å². The van der Waals surface area contributed by atoms with E-state index in [4.69, 9.17) is 0 Å². The van der Waals surface area contributed by atoms with Crippen LogP contribution < -0.4 is 10.9 Å². The van der Waals surface area contributed by atoms with Gasteiger partial charge in [-0.1, -0.05) is 0 Å². The van der Waals surface area contributed by atoms with Gasteiger partial charge in [-0.3, -0.25) is 14.7 Å². The molecule has 17 heavy (non-hydrogen) atoms. The first-order valence-electron chi connectivity index (χ1n) is 4.96. The lowest BCUT2D eigenvalue weighted by molar-refractivity contribution is 0.102. The summed E-state index contributed by atoms with van der Waals surface area (Å²) in [6.45, 7) is 3.58. The zero-order valence-electron chi connectivity index (χ0n) is 9.37. The number of nitrogens with zero attached hydrogens (tertiary/aromatic N) is 2. The van der Waals surface area contributed by atoms with Gasteiger partial charge in [0.25, 0.3) is 11.5 Å². The summed E-state index contributed by atoms with van der Waals surface area (Å²) in [5.74, 6) is -0.395. The molecule has 0 fully saturated rings. The highest BCUT2D eigenvalue weighted by Gasteiger charge is 2.12. The van der Waals surface area contributed by atoms with Crippen molar-refractivity contribution in [2.24, 2.45) is 0 Å². The monoisotopic (exact) mass is 233 g/mol. The lowest BCUT2D eigenvalue weighted by Crippen LogP contribution is -2.18. The van der Waals surface area contributed by atoms with Crippen LogP contribution in [-0.2, 0) is 0 Å². The van der Waals surface area contributed by atoms with Crippen LogP contribution in [-0.4, -0.2) is 26.3 Å². The van der Waals surface area contributed by atoms with Crippen molar-refractivity contribution in [2.75, 3.05) is 5.32 Å². The highest BCUT2D eigenvalue weighted by atomic mass is 16.2. The zero-order valence-corrected chi connectivity index (χ0v) is 9.37. The van der Waals surface area contributed by atoms with Crippen LogP contribution in [0.1, 0.15) is 21.9 Å². The second-order valence-electron chi connectivity index (χ2n) is 3.57. The molecule has 7 nitrogen and oxygen atoms in total. The Balaban J connectivity index is 2.23. The molecule has 0 saturated heterocycles. The van der Waals surface area contributed by atoms with Crippen LogP contribution in [0.2, 0.25) is 0 Å². The quantitative estimate of drug-likeness (QED) is 0.696. The minimum absolute atomic E-state index is 0.143. The zero-order chi connectivity index (χ0) is 12.4. The highest BCUT2D eigenvalue weighted by molar-refractivity contribution is 6.03. The molecule has 0 atom stereocenters. The summed E-state index contributed by atoms with van der Waals surface area (Å²) in [4.78, 5) is 22.6. The van der Waals surface area contributed by atoms with Crippen molar-refractivity contribution in [3.05, 3.63) is 39.6 Å². The number of aryl methyl sites for hydroxylation is 2. The van der Waals surface area contributed by atoms with Crippen LogP contribution in [0.3, 0.4) is 0 Å². The van der Waals surface area contributed by atoms with Gasteiger partial charge >= 0.3 is 0 Å². The first kappa shape index (κ1) is 11.1. The molecule has 3 N–H and O–H groups in total. The number of aromatic amines is 2. The molecule has 0 saturated carbocycles. The maximum absolute atomic E-state index is 11.8. The normalized spacial score (nSPS) is 10.2. The van der Waals surface area contributed by atoms with Gasteiger partial charge in [0.2, 0.25) is 0 Å². The molecule has 2 aromatic heterocycles. The summed E-state index contributed by atoms with van der Waals surface area (Å²) in [6, 6.07) is 2.61. The molecule has 0 aliphatic rings. The number of aromatic nitrogens is 4. The van der Waals surface area contributed by atoms with E-state index < -0.39 is 5.91 Å². The molecule has 2 heterocycles. The average Bonchev–Trinajstić information content (AvgIpc) is 2.61. The standard InChI is InChI=1S/C10H11N5O2/c1-5-9(6(2)13-12-5)11-10(17)7-3-4-8(16)15-14-7/h3-4H,1-2H3,(H,11,17)(H,12,13)(H,15,16). The Morgan fingerprint density at radius 2 is 2.00 bits per heavy atom. The second-order valence-corrected chi connectivity index (χ2v) is 3.57. The molecule has 7 heteroatoms. The molecule has 0 aliphatic carbocycles. The number of nitrogens with one attached hydrogen (secondary N) is 3. The van der Waals surface area contributed by atoms with Gasteiger partial charge in [0.15, 0.2) is 0 Å². The molecule has 0 unspecified atom stereocenters. The van der Waals surface area contributed by atoms with E-state index in [0.29, 0.717) is 11.4 Å². The fourth-order valence-electron chi connectivity index (χ4n) is 1.38. The Bertz CT molecular complexity index is 573. The van der Waals surface area contributed by atoms with Crippen LogP contribution in [0.5, 0.6) is 0 Å². The Kier molecular flexibility index (Phi) is 2.73. The topological polar surface area (TPSA) is 104 Å². The lowest BCUT2D eigenvalue weighted by atomic mass is 10.3. The molecule has 0 spiro atoms. The van der Waals surface area contributed by atoms with Crippen molar-refractivity contribution < 1.29 is 4.79 Å². The Labute approximate surface area is 96.3 Å². The summed E-state index contributed by atoms with van der Waals surface area (Å²) in [6.07, 6.45) is 0. The molecule has 1 amide bonds. The van der Waals surface area contributed by atoms with Crippen molar-refractivity contribution >= 4 is 11.6 Å². The number of H-pyrrole nitrogens is 2. The number of carbonyl (C=O) groups is 1. The van der Waals surface area contributed by atoms with Crippen LogP contribution >= 0.6 is 0 Å². The predicted octanol–water partition coefficient (Wildman–Crippen LogP) is 0.362. The van der Waals surface area contributed by atoms with Crippen molar-refractivity contribution in [3.63, 3.8) is 0 Å². The number of hydrogen-bond donors (Lipinski definition) is 3. The maximum atomic E-state index is 11.8. The van der Waals surface area contributed by atoms with E-state index in [1.54, 1.807) is 13.8 Å². The van der Waals surface area contributed by atoms with Gasteiger partial charge in [-0.25, -0.2) is 5.10 Å². The third-order valence-corrected chi connectivity index (χ3v) is 2.28. The van der Waals surface area contributed by atoms with Gasteiger partial charge in [-0.15, -0.1) is 0 Å². The van der Waals surface area contributed by atoms with Crippen molar-refractivity contribution in [3.8, 4) is 0 Å². The van der Waals surface area contributed by atoms with E-state index in [2.05, 4.69) is 25.7 Å². The molecular weight excluding hydrogens is 222 g/mol. The Morgan fingerprint density at radius 3 is 2.53 bits per heavy atom. The van der Waals surface area contributed by atoms with Crippen LogP contribution in [0, 0.1) is 13.8 Å². The van der Waals surface area contributed by atoms with Crippen LogP contribution in [0.15, 0.2) is 16.9 Å². The van der Waals surface area contributed by atoms with Gasteiger partial charge in [-0.05, 0) is 19.9 Å². The molecule has 0 aliphatic heterocycles. The number of hydrogen-bond acceptors (Lipinski definition) is 4. The minimum Gasteiger partial charge on any atom is -0.317 e. The van der Waals surface area contributed by atoms with E-state index in [-0.39, 0.29) is 11.3 Å². The van der Waals surface area contributed by atoms with Gasteiger partial charge < -0.3 is 5.32 Å². The first-order valence-corrected chi connectivity index (χ1v) is 4.96. The largest absolute Gasteiger partial charge is 0.317 e. The SMILES string of the molecule is Cc1n[nH]c(C)c1NC(=O)c1ccc(=O)[nH]n1. The summed E-state index contributed by atoms with van der Waals surface area (Å²) in [7, 11) is 0. The van der Waals surface area contributed by atoms with Crippen LogP contribution in [0.25, 0.3) is 0 Å². The molecule has 2 rings (SSSR count). The summed E-state index contributed by atoms with van der Waals surface area (Å²) in [5, 5.41) is 15.2. The van der Waals surface area contributed by atoms with Crippen molar-refractivity contribution in [2.45, 2.75) is 13.8 Å². The smallest absolute Gasteiger partial charge is 0.276 e. The third kappa shape index (κ3) is 2.22. The Morgan fingerprint density at radius 1 is 1.24 bits per heavy atom. The van der Waals surface area contributed by atoms with Crippen molar-refractivity contribution in [1.82, 2.24) is 20.4 Å². The predicted molar refractivity (Wildman–Crippen MR) is 60.9 cm³/mol. The van der Waals surface area contributed by atoms with E-state index >= 15 is 0 Å². The molecule has 0 radical (unpaired) electrons. The van der Waals surface area contributed by atoms with Gasteiger partial charge in [0, 0.05) is 6.07 Å². The molecule has 0 aromatic carbocycles. The summed E-state index contributed by atoms with van der Waals surface area (Å²) in [5.41, 5.74) is 1.88. The van der Waals surface area contributed by atoms with E-state index in [0.717, 1.165) is 5.69 Å². The first-order chi connectivity index (χ1) is 8.08. The third-order valence-electron chi connectivity index (χ3n) is 2.28. The highest BCUT2D eigenvalue weighted by Crippen LogP contribution is 2.16. The molecule has 2 aromatic rings. The minimum atomic E-state index is -0.395. The van der Waals surface area contributed by atoms with Gasteiger partial charge in [0.05, 0.1) is 17.1 Å². The van der Waals surface area contributed by atoms with E-state index in [1.165, 1.54) is 12.1 Å². The fourth-order valence-corrected chi connectivity index (χ4v) is 1.38. The van der Waals surface area contributed by atoms with E-state index in [1.807, 2.05) is 0 Å². The maximum Gasteiger partial charge on any atom is 0.276 e. The number of carbonyl (C=O) groups excluding carboxylic acids is 1. The summed E-state index contributed by atoms with van der Waals surface area (Å²) >= 11 is 0. The lowest BCUT2D eigenvalue weighted by Gasteiger charge is -2.03. The van der Waals surface area contributed by atoms with Crippen molar-refractivity contribution in [1.29, 1.82) is 0 Å². The second kappa shape index (κ2) is 4.20.